The second-order valence-corrected chi connectivity index (χ2v) is 8.09. The standard InChI is InChI=1S/C20H9Cl5F2N/c1-28-12-4-2-8(26)6-10(12)14(11-7-9(27)3-5-13(11)28)15-16(21)18(23)20(25)19(24)17(15)22/h2-7H,1H3/q+1. The van der Waals surface area contributed by atoms with Crippen molar-refractivity contribution in [3.8, 4) is 11.1 Å². The monoisotopic (exact) mass is 476 g/mol. The van der Waals surface area contributed by atoms with Gasteiger partial charge in [-0.15, -0.1) is 0 Å². The summed E-state index contributed by atoms with van der Waals surface area (Å²) in [6, 6.07) is 8.59. The molecule has 8 heteroatoms. The van der Waals surface area contributed by atoms with E-state index in [2.05, 4.69) is 0 Å². The van der Waals surface area contributed by atoms with Crippen molar-refractivity contribution >= 4 is 79.8 Å². The van der Waals surface area contributed by atoms with Crippen LogP contribution in [0, 0.1) is 11.6 Å². The zero-order valence-corrected chi connectivity index (χ0v) is 17.8. The molecule has 0 aliphatic heterocycles. The summed E-state index contributed by atoms with van der Waals surface area (Å²) in [5.74, 6) is -0.939. The van der Waals surface area contributed by atoms with Gasteiger partial charge in [0.15, 0.2) is 0 Å². The quantitative estimate of drug-likeness (QED) is 0.113. The van der Waals surface area contributed by atoms with E-state index in [-0.39, 0.29) is 30.7 Å². The van der Waals surface area contributed by atoms with E-state index in [0.29, 0.717) is 27.4 Å². The maximum absolute atomic E-state index is 14.1. The molecular formula is C20H9Cl5F2N+. The Morgan fingerprint density at radius 1 is 0.607 bits per heavy atom. The van der Waals surface area contributed by atoms with Gasteiger partial charge in [-0.05, 0) is 24.3 Å². The lowest BCUT2D eigenvalue weighted by Crippen LogP contribution is -2.30. The normalized spacial score (nSPS) is 11.6. The van der Waals surface area contributed by atoms with Gasteiger partial charge in [0.25, 0.3) is 0 Å². The van der Waals surface area contributed by atoms with Crippen LogP contribution in [0.4, 0.5) is 8.78 Å². The number of nitrogens with zero attached hydrogens (tertiary/aromatic N) is 1. The van der Waals surface area contributed by atoms with E-state index >= 15 is 0 Å². The Hall–Kier alpha value is -1.36. The number of halogens is 7. The molecule has 1 heterocycles. The Morgan fingerprint density at radius 3 is 1.43 bits per heavy atom. The minimum absolute atomic E-state index is 0.00884. The van der Waals surface area contributed by atoms with Crippen LogP contribution in [-0.2, 0) is 7.05 Å². The van der Waals surface area contributed by atoms with Crippen LogP contribution >= 0.6 is 58.0 Å². The van der Waals surface area contributed by atoms with Gasteiger partial charge in [0.05, 0.1) is 35.9 Å². The number of aromatic nitrogens is 1. The molecule has 0 N–H and O–H groups in total. The third-order valence-electron chi connectivity index (χ3n) is 4.64. The molecule has 0 aliphatic carbocycles. The fraction of sp³-hybridized carbons (Fsp3) is 0.0500. The first-order chi connectivity index (χ1) is 13.2. The molecule has 0 saturated carbocycles. The first-order valence-electron chi connectivity index (χ1n) is 7.94. The summed E-state index contributed by atoms with van der Waals surface area (Å²) in [4.78, 5) is 0. The number of hydrogen-bond acceptors (Lipinski definition) is 0. The van der Waals surface area contributed by atoms with Crippen LogP contribution in [0.5, 0.6) is 0 Å². The van der Waals surface area contributed by atoms with Gasteiger partial charge >= 0.3 is 0 Å². The fourth-order valence-electron chi connectivity index (χ4n) is 3.37. The van der Waals surface area contributed by atoms with E-state index in [1.54, 1.807) is 19.2 Å². The molecule has 0 spiro atoms. The minimum atomic E-state index is -0.470. The Balaban J connectivity index is 2.35. The van der Waals surface area contributed by atoms with Crippen molar-refractivity contribution < 1.29 is 13.3 Å². The van der Waals surface area contributed by atoms with Gasteiger partial charge in [-0.3, -0.25) is 0 Å². The van der Waals surface area contributed by atoms with Crippen molar-refractivity contribution in [1.82, 2.24) is 0 Å². The van der Waals surface area contributed by atoms with Gasteiger partial charge in [0, 0.05) is 23.3 Å². The van der Waals surface area contributed by atoms with Crippen LogP contribution < -0.4 is 4.57 Å². The molecule has 0 aliphatic rings. The maximum atomic E-state index is 14.1. The molecule has 1 nitrogen and oxygen atoms in total. The van der Waals surface area contributed by atoms with E-state index < -0.39 is 11.6 Å². The predicted molar refractivity (Wildman–Crippen MR) is 113 cm³/mol. The maximum Gasteiger partial charge on any atom is 0.213 e. The predicted octanol–water partition coefficient (Wildman–Crippen LogP) is 8.03. The second kappa shape index (κ2) is 7.16. The van der Waals surface area contributed by atoms with Crippen LogP contribution in [0.3, 0.4) is 0 Å². The van der Waals surface area contributed by atoms with Crippen molar-refractivity contribution in [3.63, 3.8) is 0 Å². The van der Waals surface area contributed by atoms with E-state index in [1.807, 2.05) is 4.57 Å². The Bertz CT molecular complexity index is 1210. The highest BCUT2D eigenvalue weighted by Crippen LogP contribution is 2.50. The molecule has 0 saturated heterocycles. The van der Waals surface area contributed by atoms with Crippen LogP contribution in [0.1, 0.15) is 0 Å². The van der Waals surface area contributed by atoms with Gasteiger partial charge < -0.3 is 0 Å². The van der Waals surface area contributed by atoms with E-state index in [0.717, 1.165) is 0 Å². The molecule has 28 heavy (non-hydrogen) atoms. The van der Waals surface area contributed by atoms with Gasteiger partial charge in [-0.2, -0.15) is 4.57 Å². The second-order valence-electron chi connectivity index (χ2n) is 6.20. The summed E-state index contributed by atoms with van der Waals surface area (Å²) < 4.78 is 30.1. The molecule has 3 aromatic carbocycles. The van der Waals surface area contributed by atoms with Crippen molar-refractivity contribution in [2.75, 3.05) is 0 Å². The Kier molecular flexibility index (Phi) is 5.09. The molecule has 0 atom stereocenters. The van der Waals surface area contributed by atoms with Crippen molar-refractivity contribution in [2.45, 2.75) is 0 Å². The fourth-order valence-corrected chi connectivity index (χ4v) is 4.70. The van der Waals surface area contributed by atoms with E-state index in [1.165, 1.54) is 24.3 Å². The Morgan fingerprint density at radius 2 is 1.00 bits per heavy atom. The number of rotatable bonds is 1. The minimum Gasteiger partial charge on any atom is -0.207 e. The molecule has 4 rings (SSSR count). The largest absolute Gasteiger partial charge is 0.213 e. The highest BCUT2D eigenvalue weighted by Gasteiger charge is 2.27. The number of aryl methyl sites for hydroxylation is 1. The van der Waals surface area contributed by atoms with E-state index in [4.69, 9.17) is 58.0 Å². The lowest BCUT2D eigenvalue weighted by Gasteiger charge is -2.16. The van der Waals surface area contributed by atoms with E-state index in [9.17, 15) is 8.78 Å². The summed E-state index contributed by atoms with van der Waals surface area (Å²) in [5, 5.41) is 1.06. The van der Waals surface area contributed by atoms with Crippen LogP contribution in [0.2, 0.25) is 25.1 Å². The number of pyridine rings is 1. The molecule has 0 amide bonds. The highest BCUT2D eigenvalue weighted by atomic mass is 35.5. The molecule has 0 unspecified atom stereocenters. The van der Waals surface area contributed by atoms with Crippen LogP contribution in [0.15, 0.2) is 36.4 Å². The SMILES string of the molecule is C[n+]1c2ccc(F)cc2c(-c2c(Cl)c(Cl)c(Cl)c(Cl)c2Cl)c2cc(F)ccc21. The third kappa shape index (κ3) is 2.92. The van der Waals surface area contributed by atoms with Gasteiger partial charge in [0.2, 0.25) is 11.0 Å². The van der Waals surface area contributed by atoms with Gasteiger partial charge in [-0.1, -0.05) is 58.0 Å². The lowest BCUT2D eigenvalue weighted by atomic mass is 9.95. The molecular weight excluding hydrogens is 469 g/mol. The van der Waals surface area contributed by atoms with Gasteiger partial charge in [0.1, 0.15) is 18.7 Å². The highest BCUT2D eigenvalue weighted by molar-refractivity contribution is 6.56. The summed E-state index contributed by atoms with van der Waals surface area (Å²) in [5.41, 5.74) is 2.04. The Labute approximate surface area is 183 Å². The summed E-state index contributed by atoms with van der Waals surface area (Å²) in [7, 11) is 1.80. The van der Waals surface area contributed by atoms with Crippen molar-refractivity contribution in [1.29, 1.82) is 0 Å². The number of hydrogen-bond donors (Lipinski definition) is 0. The van der Waals surface area contributed by atoms with Crippen molar-refractivity contribution in [3.05, 3.63) is 73.1 Å². The smallest absolute Gasteiger partial charge is 0.207 e. The lowest BCUT2D eigenvalue weighted by molar-refractivity contribution is -0.617. The van der Waals surface area contributed by atoms with Crippen LogP contribution in [-0.4, -0.2) is 0 Å². The molecule has 1 aromatic heterocycles. The summed E-state index contributed by atoms with van der Waals surface area (Å²) in [6.45, 7) is 0. The number of fused-ring (bicyclic) bond motifs is 2. The average Bonchev–Trinajstić information content (AvgIpc) is 2.67. The molecule has 0 radical (unpaired) electrons. The van der Waals surface area contributed by atoms with Gasteiger partial charge in [-0.25, -0.2) is 8.78 Å². The van der Waals surface area contributed by atoms with Crippen molar-refractivity contribution in [2.24, 2.45) is 7.05 Å². The first-order valence-corrected chi connectivity index (χ1v) is 9.83. The zero-order chi connectivity index (χ0) is 20.3. The first kappa shape index (κ1) is 19.9. The topological polar surface area (TPSA) is 3.88 Å². The molecule has 142 valence electrons. The van der Waals surface area contributed by atoms with Crippen LogP contribution in [0.25, 0.3) is 32.9 Å². The summed E-state index contributed by atoms with van der Waals surface area (Å²) >= 11 is 31.5. The molecule has 0 bridgehead atoms. The zero-order valence-electron chi connectivity index (χ0n) is 14.1. The molecule has 0 fully saturated rings. The number of benzene rings is 3. The molecule has 4 aromatic rings. The third-order valence-corrected chi connectivity index (χ3v) is 6.92. The summed E-state index contributed by atoms with van der Waals surface area (Å²) in [6.07, 6.45) is 0. The average molecular weight is 479 g/mol.